The molecule has 558 valence electrons. The van der Waals surface area contributed by atoms with E-state index >= 15 is 28.8 Å². The van der Waals surface area contributed by atoms with Crippen molar-refractivity contribution in [1.82, 2.24) is 55.6 Å². The summed E-state index contributed by atoms with van der Waals surface area (Å²) in [5.41, 5.74) is -1.61. The van der Waals surface area contributed by atoms with Gasteiger partial charge in [-0.25, -0.2) is 0 Å². The second-order valence-corrected chi connectivity index (χ2v) is 30.6. The number of aliphatic hydroxyl groups is 4. The molecule has 27 heteroatoms. The first-order valence-corrected chi connectivity index (χ1v) is 36.0. The molecule has 0 saturated carbocycles. The summed E-state index contributed by atoms with van der Waals surface area (Å²) in [7, 11) is 9.75. The predicted molar refractivity (Wildman–Crippen MR) is 378 cm³/mol. The van der Waals surface area contributed by atoms with Gasteiger partial charge in [-0.3, -0.25) is 52.7 Å². The first kappa shape index (κ1) is 89.1. The van der Waals surface area contributed by atoms with Gasteiger partial charge in [0, 0.05) is 80.6 Å². The molecular formula is C70H127N11O15S. The normalized spacial score (nSPS) is 26.0. The monoisotopic (exact) mass is 1390 g/mol. The number of carbonyl (C=O) groups excluding carboxylic acids is 11. The Bertz CT molecular complexity index is 2620. The van der Waals surface area contributed by atoms with E-state index in [2.05, 4.69) is 21.3 Å². The maximum absolute atomic E-state index is 15.4. The van der Waals surface area contributed by atoms with Crippen molar-refractivity contribution >= 4 is 76.7 Å². The lowest BCUT2D eigenvalue weighted by molar-refractivity contribution is -0.157. The highest BCUT2D eigenvalue weighted by Gasteiger charge is 2.47. The highest BCUT2D eigenvalue weighted by molar-refractivity contribution is 7.99. The zero-order valence-electron chi connectivity index (χ0n) is 63.1. The molecule has 0 spiro atoms. The fourth-order valence-corrected chi connectivity index (χ4v) is 13.2. The zero-order valence-corrected chi connectivity index (χ0v) is 64.0. The fourth-order valence-electron chi connectivity index (χ4n) is 12.0. The molecule has 1 saturated heterocycles. The predicted octanol–water partition coefficient (Wildman–Crippen LogP) is 3.26. The van der Waals surface area contributed by atoms with Crippen LogP contribution < -0.4 is 21.3 Å². The molecule has 8 N–H and O–H groups in total. The number of likely N-dealkylation sites (N-methyl/N-ethyl adjacent to an activating group) is 7. The molecule has 0 aromatic rings. The van der Waals surface area contributed by atoms with Crippen molar-refractivity contribution < 1.29 is 73.2 Å². The highest BCUT2D eigenvalue weighted by atomic mass is 32.2. The summed E-state index contributed by atoms with van der Waals surface area (Å²) in [5, 5.41) is 54.1. The molecule has 13 atom stereocenters. The molecule has 0 bridgehead atoms. The maximum atomic E-state index is 15.4. The number of carbonyl (C=O) groups is 11. The fraction of sp³-hybridized carbons (Fsp3) is 0.814. The molecule has 0 aliphatic carbocycles. The molecule has 1 aliphatic heterocycles. The standard InChI is InChI=1S/C70H127N11O15S/c1-25-27-30-45(13)58(84)57-62(88)73-49(26-2)64(90)79(22)54(39-97-32-29-28-31-48(37-82)38-83)67(93)78(21)53(36-70(16,17)96)61(87)74-55(43(9)10)68(94)75(18)50(33-40(3)4)60(86)71-46(14)59(85)72-47(15)63(89)76(19)51(34-41(5)6)65(91)77(20)52(35-42(7)8)66(92)80(23)56(44(11)12)69(95)81(57)24/h25,27,40-58,82-84,96H,26,28-39H2,1-24H3,(H,71,86)(H,72,85)(H,73,88)(H,74,87)/t45-,46+,47-,49+,50+,51+,52+,53+,54-,55+,56+,57+,58-/m1/s1. The number of aliphatic hydroxyl groups excluding tert-OH is 3. The SMILES string of the molecule is CC=CC[C@@H](C)[C@@H](O)[C@H]1C(=O)N[C@@H](CC)C(=O)N(C)[C@H](CSCCCCC(CO)CO)C(=O)N(C)[C@@H](CC(C)(C)O)C(=O)N[C@@H](C(C)C)C(=O)N(C)[C@@H](CC(C)C)C(=O)N[C@@H](C)C(=O)N[C@H](C)C(=O)N(C)[C@@H](CC(C)C)C(=O)N(C)[C@@H](CC(C)C)C(=O)N(C)[C@@H](C(C)C)C(=O)N1C. The molecule has 0 radical (unpaired) electrons. The van der Waals surface area contributed by atoms with E-state index in [0.717, 1.165) is 9.80 Å². The minimum absolute atomic E-state index is 0.0495. The van der Waals surface area contributed by atoms with Crippen LogP contribution in [-0.4, -0.2) is 272 Å². The van der Waals surface area contributed by atoms with Crippen LogP contribution in [0.3, 0.4) is 0 Å². The first-order chi connectivity index (χ1) is 44.9. The second kappa shape index (κ2) is 41.6. The van der Waals surface area contributed by atoms with E-state index < -0.39 is 161 Å². The van der Waals surface area contributed by atoms with Gasteiger partial charge in [-0.05, 0) is 121 Å². The van der Waals surface area contributed by atoms with Crippen LogP contribution in [0, 0.1) is 41.4 Å². The number of rotatable bonds is 24. The lowest BCUT2D eigenvalue weighted by Crippen LogP contribution is -2.64. The molecule has 26 nitrogen and oxygen atoms in total. The molecule has 0 aromatic carbocycles. The number of thioether (sulfide) groups is 1. The average molecular weight is 1390 g/mol. The van der Waals surface area contributed by atoms with Crippen LogP contribution in [0.5, 0.6) is 0 Å². The average Bonchev–Trinajstić information content (AvgIpc) is 0.812. The van der Waals surface area contributed by atoms with Crippen molar-refractivity contribution in [2.75, 3.05) is 74.1 Å². The van der Waals surface area contributed by atoms with Crippen molar-refractivity contribution in [3.8, 4) is 0 Å². The summed E-state index contributed by atoms with van der Waals surface area (Å²) in [6.45, 7) is 28.3. The minimum Gasteiger partial charge on any atom is -0.396 e. The van der Waals surface area contributed by atoms with Gasteiger partial charge in [-0.15, -0.1) is 0 Å². The van der Waals surface area contributed by atoms with E-state index in [1.807, 2.05) is 41.5 Å². The van der Waals surface area contributed by atoms with Crippen LogP contribution in [-0.2, 0) is 52.7 Å². The van der Waals surface area contributed by atoms with Gasteiger partial charge >= 0.3 is 0 Å². The van der Waals surface area contributed by atoms with E-state index in [0.29, 0.717) is 25.0 Å². The summed E-state index contributed by atoms with van der Waals surface area (Å²) in [5.74, 6) is -10.5. The molecule has 11 amide bonds. The largest absolute Gasteiger partial charge is 0.396 e. The summed E-state index contributed by atoms with van der Waals surface area (Å²) >= 11 is 1.32. The van der Waals surface area contributed by atoms with Gasteiger partial charge < -0.3 is 76.0 Å². The maximum Gasteiger partial charge on any atom is 0.246 e. The van der Waals surface area contributed by atoms with Gasteiger partial charge in [0.1, 0.15) is 66.5 Å². The lowest BCUT2D eigenvalue weighted by atomic mass is 9.91. The Morgan fingerprint density at radius 3 is 1.42 bits per heavy atom. The third kappa shape index (κ3) is 26.6. The smallest absolute Gasteiger partial charge is 0.246 e. The minimum atomic E-state index is -1.69. The van der Waals surface area contributed by atoms with E-state index in [4.69, 9.17) is 0 Å². The molecule has 1 heterocycles. The van der Waals surface area contributed by atoms with E-state index in [-0.39, 0.29) is 81.2 Å². The van der Waals surface area contributed by atoms with Crippen LogP contribution in [0.2, 0.25) is 0 Å². The number of nitrogens with zero attached hydrogens (tertiary/aromatic N) is 7. The number of unbranched alkanes of at least 4 members (excludes halogenated alkanes) is 1. The molecule has 0 aromatic heterocycles. The van der Waals surface area contributed by atoms with Crippen molar-refractivity contribution in [3.05, 3.63) is 12.2 Å². The number of allylic oxidation sites excluding steroid dienone is 2. The van der Waals surface area contributed by atoms with Crippen LogP contribution >= 0.6 is 11.8 Å². The van der Waals surface area contributed by atoms with Crippen LogP contribution in [0.25, 0.3) is 0 Å². The summed E-state index contributed by atoms with van der Waals surface area (Å²) in [6.07, 6.45) is 3.93. The Morgan fingerprint density at radius 2 is 0.948 bits per heavy atom. The number of amides is 11. The summed E-state index contributed by atoms with van der Waals surface area (Å²) in [4.78, 5) is 173. The molecule has 1 fully saturated rings. The van der Waals surface area contributed by atoms with Crippen LogP contribution in [0.1, 0.15) is 175 Å². The Morgan fingerprint density at radius 1 is 0.505 bits per heavy atom. The zero-order chi connectivity index (χ0) is 75.0. The molecular weight excluding hydrogens is 1270 g/mol. The number of hydrogen-bond acceptors (Lipinski definition) is 16. The van der Waals surface area contributed by atoms with Gasteiger partial charge in [0.25, 0.3) is 0 Å². The second-order valence-electron chi connectivity index (χ2n) is 29.5. The Hall–Kier alpha value is -5.90. The van der Waals surface area contributed by atoms with Crippen molar-refractivity contribution in [2.45, 2.75) is 254 Å². The van der Waals surface area contributed by atoms with Gasteiger partial charge in [0.2, 0.25) is 65.0 Å². The van der Waals surface area contributed by atoms with E-state index in [9.17, 15) is 44.4 Å². The Labute approximate surface area is 584 Å². The third-order valence-corrected chi connectivity index (χ3v) is 19.5. The van der Waals surface area contributed by atoms with Crippen LogP contribution in [0.15, 0.2) is 12.2 Å². The van der Waals surface area contributed by atoms with Gasteiger partial charge in [-0.1, -0.05) is 102 Å². The van der Waals surface area contributed by atoms with Crippen LogP contribution in [0.4, 0.5) is 0 Å². The van der Waals surface area contributed by atoms with E-state index in [1.54, 1.807) is 60.6 Å². The third-order valence-electron chi connectivity index (χ3n) is 18.3. The van der Waals surface area contributed by atoms with Gasteiger partial charge in [-0.2, -0.15) is 11.8 Å². The highest BCUT2D eigenvalue weighted by Crippen LogP contribution is 2.27. The lowest BCUT2D eigenvalue weighted by Gasteiger charge is -2.41. The summed E-state index contributed by atoms with van der Waals surface area (Å²) < 4.78 is 0. The van der Waals surface area contributed by atoms with Crippen molar-refractivity contribution in [3.63, 3.8) is 0 Å². The molecule has 97 heavy (non-hydrogen) atoms. The summed E-state index contributed by atoms with van der Waals surface area (Å²) in [6, 6.07) is -14.7. The van der Waals surface area contributed by atoms with E-state index in [1.165, 1.54) is 113 Å². The van der Waals surface area contributed by atoms with Crippen molar-refractivity contribution in [1.29, 1.82) is 0 Å². The van der Waals surface area contributed by atoms with Crippen molar-refractivity contribution in [2.24, 2.45) is 41.4 Å². The quantitative estimate of drug-likeness (QED) is 0.0508. The molecule has 0 unspecified atom stereocenters. The number of nitrogens with one attached hydrogen (secondary N) is 4. The Kier molecular flexibility index (Phi) is 38.2. The van der Waals surface area contributed by atoms with Gasteiger partial charge in [0.05, 0.1) is 11.7 Å². The van der Waals surface area contributed by atoms with Gasteiger partial charge in [0.15, 0.2) is 0 Å². The topological polar surface area (TPSA) is 339 Å². The number of hydrogen-bond donors (Lipinski definition) is 8. The Balaban J connectivity index is 4.57. The first-order valence-electron chi connectivity index (χ1n) is 34.8. The molecule has 1 aliphatic rings. The molecule has 1 rings (SSSR count).